The third-order valence-electron chi connectivity index (χ3n) is 9.02. The molecule has 9 rings (SSSR count). The molecule has 8 aromatic carbocycles. The summed E-state index contributed by atoms with van der Waals surface area (Å²) in [6.07, 6.45) is 0. The van der Waals surface area contributed by atoms with Crippen LogP contribution in [0.15, 0.2) is 180 Å². The molecule has 1 aromatic heterocycles. The van der Waals surface area contributed by atoms with Crippen molar-refractivity contribution in [2.75, 3.05) is 4.90 Å². The second-order valence-electron chi connectivity index (χ2n) is 11.8. The van der Waals surface area contributed by atoms with E-state index in [1.54, 1.807) is 0 Å². The summed E-state index contributed by atoms with van der Waals surface area (Å²) in [7, 11) is 0. The Morgan fingerprint density at radius 2 is 0.913 bits per heavy atom. The lowest BCUT2D eigenvalue weighted by molar-refractivity contribution is 0.669. The van der Waals surface area contributed by atoms with E-state index in [0.717, 1.165) is 39.0 Å². The van der Waals surface area contributed by atoms with Crippen molar-refractivity contribution in [3.8, 4) is 22.3 Å². The lowest BCUT2D eigenvalue weighted by Crippen LogP contribution is -2.10. The minimum atomic E-state index is 0.885. The highest BCUT2D eigenvalue weighted by Crippen LogP contribution is 2.41. The van der Waals surface area contributed by atoms with Crippen molar-refractivity contribution in [3.63, 3.8) is 0 Å². The first kappa shape index (κ1) is 26.3. The molecule has 0 aliphatic carbocycles. The molecular weight excluding hydrogens is 558 g/mol. The molecule has 0 aliphatic rings. The van der Waals surface area contributed by atoms with Gasteiger partial charge in [-0.15, -0.1) is 0 Å². The van der Waals surface area contributed by atoms with Gasteiger partial charge in [0.2, 0.25) is 0 Å². The maximum absolute atomic E-state index is 6.48. The number of rotatable bonds is 5. The van der Waals surface area contributed by atoms with Gasteiger partial charge in [-0.3, -0.25) is 0 Å². The van der Waals surface area contributed by atoms with Crippen molar-refractivity contribution in [2.24, 2.45) is 0 Å². The van der Waals surface area contributed by atoms with Crippen LogP contribution >= 0.6 is 0 Å². The minimum absolute atomic E-state index is 0.885. The van der Waals surface area contributed by atoms with Crippen molar-refractivity contribution in [1.29, 1.82) is 0 Å². The Morgan fingerprint density at radius 3 is 1.72 bits per heavy atom. The molecule has 216 valence electrons. The smallest absolute Gasteiger partial charge is 0.136 e. The Balaban J connectivity index is 1.22. The van der Waals surface area contributed by atoms with Crippen LogP contribution in [0.4, 0.5) is 17.1 Å². The quantitative estimate of drug-likeness (QED) is 0.186. The van der Waals surface area contributed by atoms with E-state index in [1.165, 1.54) is 43.8 Å². The molecule has 46 heavy (non-hydrogen) atoms. The first-order valence-corrected chi connectivity index (χ1v) is 15.7. The average Bonchev–Trinajstić information content (AvgIpc) is 3.49. The molecular formula is C44H29NO. The van der Waals surface area contributed by atoms with Crippen molar-refractivity contribution < 1.29 is 4.42 Å². The van der Waals surface area contributed by atoms with Crippen LogP contribution < -0.4 is 4.90 Å². The van der Waals surface area contributed by atoms with Crippen LogP contribution in [0.5, 0.6) is 0 Å². The molecule has 0 saturated carbocycles. The van der Waals surface area contributed by atoms with E-state index >= 15 is 0 Å². The normalized spacial score (nSPS) is 11.5. The largest absolute Gasteiger partial charge is 0.456 e. The molecule has 1 heterocycles. The fourth-order valence-electron chi connectivity index (χ4n) is 6.74. The molecule has 0 fully saturated rings. The molecule has 0 aliphatic heterocycles. The topological polar surface area (TPSA) is 16.4 Å². The number of anilines is 3. The molecule has 0 bridgehead atoms. The van der Waals surface area contributed by atoms with E-state index in [-0.39, 0.29) is 0 Å². The van der Waals surface area contributed by atoms with Gasteiger partial charge >= 0.3 is 0 Å². The molecule has 2 nitrogen and oxygen atoms in total. The second-order valence-corrected chi connectivity index (χ2v) is 11.8. The monoisotopic (exact) mass is 587 g/mol. The minimum Gasteiger partial charge on any atom is -0.456 e. The number of hydrogen-bond acceptors (Lipinski definition) is 2. The van der Waals surface area contributed by atoms with E-state index in [9.17, 15) is 0 Å². The van der Waals surface area contributed by atoms with Gasteiger partial charge in [-0.1, -0.05) is 121 Å². The fraction of sp³-hybridized carbons (Fsp3) is 0. The standard InChI is InChI=1S/C44H29NO/c1-3-10-30(11-4-1)32-20-22-36(23-21-32)45(37-16-9-15-34(26-37)31-12-5-2-6-13-31)38-24-25-43-42(28-38)41-27-35-19-18-33-14-7-8-17-39(33)40(35)29-44(41)46-43/h1-29H. The summed E-state index contributed by atoms with van der Waals surface area (Å²) in [6, 6.07) is 62.7. The maximum atomic E-state index is 6.48. The van der Waals surface area contributed by atoms with Gasteiger partial charge in [0, 0.05) is 27.8 Å². The SMILES string of the molecule is c1ccc(-c2ccc(N(c3cccc(-c4ccccc4)c3)c3ccc4oc5cc6c(ccc7ccccc76)cc5c4c3)cc2)cc1. The van der Waals surface area contributed by atoms with Gasteiger partial charge in [0.1, 0.15) is 11.2 Å². The highest BCUT2D eigenvalue weighted by Gasteiger charge is 2.17. The van der Waals surface area contributed by atoms with E-state index in [1.807, 2.05) is 0 Å². The molecule has 0 N–H and O–H groups in total. The molecule has 0 radical (unpaired) electrons. The number of hydrogen-bond donors (Lipinski definition) is 0. The highest BCUT2D eigenvalue weighted by atomic mass is 16.3. The highest BCUT2D eigenvalue weighted by molar-refractivity contribution is 6.16. The molecule has 0 saturated heterocycles. The first-order chi connectivity index (χ1) is 22.8. The Bertz CT molecular complexity index is 2510. The number of benzene rings is 8. The molecule has 9 aromatic rings. The van der Waals surface area contributed by atoms with Gasteiger partial charge in [-0.05, 0) is 98.4 Å². The zero-order chi connectivity index (χ0) is 30.5. The van der Waals surface area contributed by atoms with Crippen molar-refractivity contribution in [3.05, 3.63) is 176 Å². The Hall–Kier alpha value is -6.12. The predicted octanol–water partition coefficient (Wildman–Crippen LogP) is 12.7. The van der Waals surface area contributed by atoms with E-state index in [0.29, 0.717) is 0 Å². The molecule has 0 atom stereocenters. The Morgan fingerprint density at radius 1 is 0.304 bits per heavy atom. The summed E-state index contributed by atoms with van der Waals surface area (Å²) < 4.78 is 6.48. The summed E-state index contributed by atoms with van der Waals surface area (Å²) >= 11 is 0. The van der Waals surface area contributed by atoms with Gasteiger partial charge in [0.05, 0.1) is 0 Å². The lowest BCUT2D eigenvalue weighted by atomic mass is 10.00. The molecule has 0 spiro atoms. The van der Waals surface area contributed by atoms with Crippen LogP contribution in [0.3, 0.4) is 0 Å². The van der Waals surface area contributed by atoms with E-state index < -0.39 is 0 Å². The van der Waals surface area contributed by atoms with E-state index in [4.69, 9.17) is 4.42 Å². The summed E-state index contributed by atoms with van der Waals surface area (Å²) in [4.78, 5) is 2.34. The molecule has 0 amide bonds. The number of fused-ring (bicyclic) bond motifs is 6. The van der Waals surface area contributed by atoms with Crippen LogP contribution in [-0.4, -0.2) is 0 Å². The second kappa shape index (κ2) is 10.8. The number of furan rings is 1. The fourth-order valence-corrected chi connectivity index (χ4v) is 6.74. The number of nitrogens with zero attached hydrogens (tertiary/aromatic N) is 1. The zero-order valence-electron chi connectivity index (χ0n) is 25.1. The van der Waals surface area contributed by atoms with Gasteiger partial charge in [-0.2, -0.15) is 0 Å². The maximum Gasteiger partial charge on any atom is 0.136 e. The third kappa shape index (κ3) is 4.51. The summed E-state index contributed by atoms with van der Waals surface area (Å²) in [6.45, 7) is 0. The first-order valence-electron chi connectivity index (χ1n) is 15.7. The summed E-state index contributed by atoms with van der Waals surface area (Å²) in [5.41, 5.74) is 9.82. The predicted molar refractivity (Wildman–Crippen MR) is 194 cm³/mol. The van der Waals surface area contributed by atoms with Crippen LogP contribution in [0.25, 0.3) is 65.7 Å². The summed E-state index contributed by atoms with van der Waals surface area (Å²) in [5.74, 6) is 0. The van der Waals surface area contributed by atoms with Gasteiger partial charge in [0.25, 0.3) is 0 Å². The Labute approximate surface area is 267 Å². The van der Waals surface area contributed by atoms with Crippen LogP contribution in [0, 0.1) is 0 Å². The lowest BCUT2D eigenvalue weighted by Gasteiger charge is -2.26. The zero-order valence-corrected chi connectivity index (χ0v) is 25.1. The van der Waals surface area contributed by atoms with Crippen LogP contribution in [0.1, 0.15) is 0 Å². The average molecular weight is 588 g/mol. The Kier molecular flexibility index (Phi) is 6.17. The van der Waals surface area contributed by atoms with Crippen LogP contribution in [-0.2, 0) is 0 Å². The third-order valence-corrected chi connectivity index (χ3v) is 9.02. The van der Waals surface area contributed by atoms with Gasteiger partial charge < -0.3 is 9.32 Å². The van der Waals surface area contributed by atoms with E-state index in [2.05, 4.69) is 181 Å². The molecule has 2 heteroatoms. The van der Waals surface area contributed by atoms with Gasteiger partial charge in [-0.25, -0.2) is 0 Å². The van der Waals surface area contributed by atoms with Crippen molar-refractivity contribution in [1.82, 2.24) is 0 Å². The molecule has 0 unspecified atom stereocenters. The van der Waals surface area contributed by atoms with Crippen molar-refractivity contribution >= 4 is 60.5 Å². The van der Waals surface area contributed by atoms with Crippen LogP contribution in [0.2, 0.25) is 0 Å². The summed E-state index contributed by atoms with van der Waals surface area (Å²) in [5, 5.41) is 7.13. The van der Waals surface area contributed by atoms with Gasteiger partial charge in [0.15, 0.2) is 0 Å². The van der Waals surface area contributed by atoms with Crippen molar-refractivity contribution in [2.45, 2.75) is 0 Å².